The molecule has 0 fully saturated rings. The van der Waals surface area contributed by atoms with E-state index in [2.05, 4.69) is 115 Å². The zero-order valence-electron chi connectivity index (χ0n) is 18.9. The number of benzene rings is 5. The van der Waals surface area contributed by atoms with Crippen molar-refractivity contribution in [1.29, 1.82) is 5.26 Å². The molecule has 0 radical (unpaired) electrons. The maximum atomic E-state index is 9.44. The molecule has 0 aliphatic heterocycles. The van der Waals surface area contributed by atoms with E-state index >= 15 is 0 Å². The first-order chi connectivity index (χ1) is 16.7. The minimum absolute atomic E-state index is 0.679. The average molecular weight is 435 g/mol. The fraction of sp³-hybridized carbons (Fsp3) is 0.0312. The Balaban J connectivity index is 1.56. The second-order valence-electron chi connectivity index (χ2n) is 8.70. The van der Waals surface area contributed by atoms with Crippen LogP contribution in [0.4, 0.5) is 0 Å². The van der Waals surface area contributed by atoms with E-state index < -0.39 is 0 Å². The third-order valence-corrected chi connectivity index (χ3v) is 6.43. The van der Waals surface area contributed by atoms with Crippen LogP contribution in [0.15, 0.2) is 115 Å². The summed E-state index contributed by atoms with van der Waals surface area (Å²) in [5.74, 6) is 0. The molecular formula is C32H22N2. The molecule has 1 aromatic heterocycles. The van der Waals surface area contributed by atoms with Crippen LogP contribution in [-0.4, -0.2) is 4.57 Å². The molecule has 0 bridgehead atoms. The van der Waals surface area contributed by atoms with Gasteiger partial charge in [-0.15, -0.1) is 0 Å². The molecule has 0 spiro atoms. The highest BCUT2D eigenvalue weighted by Crippen LogP contribution is 2.35. The van der Waals surface area contributed by atoms with Crippen molar-refractivity contribution in [3.05, 3.63) is 126 Å². The summed E-state index contributed by atoms with van der Waals surface area (Å²) in [4.78, 5) is 0. The lowest BCUT2D eigenvalue weighted by atomic mass is 9.97. The van der Waals surface area contributed by atoms with Crippen molar-refractivity contribution in [1.82, 2.24) is 4.57 Å². The van der Waals surface area contributed by atoms with Gasteiger partial charge < -0.3 is 4.57 Å². The van der Waals surface area contributed by atoms with Gasteiger partial charge in [0.25, 0.3) is 0 Å². The number of aryl methyl sites for hydroxylation is 1. The van der Waals surface area contributed by atoms with Crippen molar-refractivity contribution >= 4 is 21.8 Å². The van der Waals surface area contributed by atoms with Crippen molar-refractivity contribution in [3.8, 4) is 34.0 Å². The molecule has 0 amide bonds. The van der Waals surface area contributed by atoms with Crippen LogP contribution in [0.1, 0.15) is 11.1 Å². The molecule has 0 aliphatic rings. The summed E-state index contributed by atoms with van der Waals surface area (Å²) in [5.41, 5.74) is 10.1. The highest BCUT2D eigenvalue weighted by Gasteiger charge is 2.14. The summed E-state index contributed by atoms with van der Waals surface area (Å²) in [6.45, 7) is 2.15. The molecule has 0 atom stereocenters. The van der Waals surface area contributed by atoms with Crippen LogP contribution in [0.2, 0.25) is 0 Å². The van der Waals surface area contributed by atoms with Crippen molar-refractivity contribution < 1.29 is 0 Å². The van der Waals surface area contributed by atoms with Gasteiger partial charge in [0.2, 0.25) is 0 Å². The highest BCUT2D eigenvalue weighted by atomic mass is 15.0. The molecule has 160 valence electrons. The van der Waals surface area contributed by atoms with Crippen LogP contribution >= 0.6 is 0 Å². The second-order valence-corrected chi connectivity index (χ2v) is 8.70. The fourth-order valence-corrected chi connectivity index (χ4v) is 4.89. The summed E-state index contributed by atoms with van der Waals surface area (Å²) in [7, 11) is 0. The molecule has 5 aromatic carbocycles. The molecule has 34 heavy (non-hydrogen) atoms. The van der Waals surface area contributed by atoms with Crippen LogP contribution in [-0.2, 0) is 0 Å². The van der Waals surface area contributed by atoms with Gasteiger partial charge in [-0.1, -0.05) is 72.8 Å². The molecule has 0 aliphatic carbocycles. The van der Waals surface area contributed by atoms with Crippen molar-refractivity contribution in [2.45, 2.75) is 6.92 Å². The van der Waals surface area contributed by atoms with Crippen LogP contribution in [0.5, 0.6) is 0 Å². The van der Waals surface area contributed by atoms with Gasteiger partial charge in [0, 0.05) is 16.5 Å². The maximum absolute atomic E-state index is 9.44. The molecule has 6 aromatic rings. The van der Waals surface area contributed by atoms with Crippen molar-refractivity contribution in [2.24, 2.45) is 0 Å². The molecule has 2 heteroatoms. The molecule has 2 nitrogen and oxygen atoms in total. The van der Waals surface area contributed by atoms with E-state index in [9.17, 15) is 5.26 Å². The van der Waals surface area contributed by atoms with E-state index in [1.165, 1.54) is 27.8 Å². The van der Waals surface area contributed by atoms with E-state index in [4.69, 9.17) is 0 Å². The van der Waals surface area contributed by atoms with Gasteiger partial charge in [-0.3, -0.25) is 0 Å². The summed E-state index contributed by atoms with van der Waals surface area (Å²) in [6, 6.07) is 42.6. The van der Waals surface area contributed by atoms with Crippen molar-refractivity contribution in [3.63, 3.8) is 0 Å². The van der Waals surface area contributed by atoms with Crippen LogP contribution in [0.25, 0.3) is 49.7 Å². The summed E-state index contributed by atoms with van der Waals surface area (Å²) < 4.78 is 2.31. The van der Waals surface area contributed by atoms with E-state index in [-0.39, 0.29) is 0 Å². The number of aromatic nitrogens is 1. The molecule has 0 N–H and O–H groups in total. The molecule has 0 unspecified atom stereocenters. The van der Waals surface area contributed by atoms with Gasteiger partial charge in [-0.25, -0.2) is 0 Å². The predicted octanol–water partition coefficient (Wildman–Crippen LogP) is 8.30. The number of hydrogen-bond donors (Lipinski definition) is 0. The van der Waals surface area contributed by atoms with E-state index in [1.807, 2.05) is 18.2 Å². The quantitative estimate of drug-likeness (QED) is 0.275. The van der Waals surface area contributed by atoms with Crippen molar-refractivity contribution in [2.75, 3.05) is 0 Å². The Kier molecular flexibility index (Phi) is 4.75. The van der Waals surface area contributed by atoms with E-state index in [1.54, 1.807) is 0 Å². The number of rotatable bonds is 3. The van der Waals surface area contributed by atoms with E-state index in [0.717, 1.165) is 27.5 Å². The summed E-state index contributed by atoms with van der Waals surface area (Å²) in [5, 5.41) is 11.7. The van der Waals surface area contributed by atoms with Gasteiger partial charge >= 0.3 is 0 Å². The number of hydrogen-bond acceptors (Lipinski definition) is 1. The first-order valence-electron chi connectivity index (χ1n) is 11.4. The standard InChI is InChI=1S/C32H22N2/c1-22-16-27(26-11-7-10-25(19-26)24-8-3-2-4-9-24)20-28(17-22)34-31-13-6-5-12-29(31)30-18-23(21-33)14-15-32(30)34/h2-20H,1H3. The van der Waals surface area contributed by atoms with Crippen LogP contribution < -0.4 is 0 Å². The van der Waals surface area contributed by atoms with E-state index in [0.29, 0.717) is 5.56 Å². The number of fused-ring (bicyclic) bond motifs is 3. The second kappa shape index (κ2) is 8.06. The maximum Gasteiger partial charge on any atom is 0.0991 e. The Bertz CT molecular complexity index is 1720. The first kappa shape index (κ1) is 20.0. The Morgan fingerprint density at radius 2 is 1.26 bits per heavy atom. The SMILES string of the molecule is Cc1cc(-c2cccc(-c3ccccc3)c2)cc(-n2c3ccccc3c3cc(C#N)ccc32)c1. The summed E-state index contributed by atoms with van der Waals surface area (Å²) >= 11 is 0. The predicted molar refractivity (Wildman–Crippen MR) is 141 cm³/mol. The molecular weight excluding hydrogens is 412 g/mol. The average Bonchev–Trinajstić information content (AvgIpc) is 3.22. The Labute approximate surface area is 199 Å². The number of para-hydroxylation sites is 1. The van der Waals surface area contributed by atoms with Crippen LogP contribution in [0, 0.1) is 18.3 Å². The van der Waals surface area contributed by atoms with Crippen LogP contribution in [0.3, 0.4) is 0 Å². The lowest BCUT2D eigenvalue weighted by Gasteiger charge is -2.13. The fourth-order valence-electron chi connectivity index (χ4n) is 4.89. The van der Waals surface area contributed by atoms with Gasteiger partial charge in [-0.05, 0) is 77.2 Å². The Morgan fingerprint density at radius 1 is 0.559 bits per heavy atom. The third-order valence-electron chi connectivity index (χ3n) is 6.43. The summed E-state index contributed by atoms with van der Waals surface area (Å²) in [6.07, 6.45) is 0. The normalized spacial score (nSPS) is 11.1. The molecule has 0 saturated heterocycles. The zero-order valence-corrected chi connectivity index (χ0v) is 18.9. The number of nitriles is 1. The van der Waals surface area contributed by atoms with Gasteiger partial charge in [0.05, 0.1) is 22.7 Å². The Hall–Kier alpha value is -4.61. The first-order valence-corrected chi connectivity index (χ1v) is 11.4. The third kappa shape index (κ3) is 3.36. The molecule has 0 saturated carbocycles. The minimum atomic E-state index is 0.679. The zero-order chi connectivity index (χ0) is 23.1. The monoisotopic (exact) mass is 434 g/mol. The molecule has 6 rings (SSSR count). The number of nitrogens with zero attached hydrogens (tertiary/aromatic N) is 2. The highest BCUT2D eigenvalue weighted by molar-refractivity contribution is 6.09. The lowest BCUT2D eigenvalue weighted by molar-refractivity contribution is 1.17. The smallest absolute Gasteiger partial charge is 0.0991 e. The van der Waals surface area contributed by atoms with Gasteiger partial charge in [0.15, 0.2) is 0 Å². The van der Waals surface area contributed by atoms with Gasteiger partial charge in [-0.2, -0.15) is 5.26 Å². The minimum Gasteiger partial charge on any atom is -0.309 e. The topological polar surface area (TPSA) is 28.7 Å². The van der Waals surface area contributed by atoms with Gasteiger partial charge in [0.1, 0.15) is 0 Å². The largest absolute Gasteiger partial charge is 0.309 e. The Morgan fingerprint density at radius 3 is 2.09 bits per heavy atom. The molecule has 1 heterocycles. The lowest BCUT2D eigenvalue weighted by Crippen LogP contribution is -1.96.